The molecular weight excluding hydrogens is 425 g/mol. The van der Waals surface area contributed by atoms with Gasteiger partial charge in [-0.05, 0) is 34.2 Å². The van der Waals surface area contributed by atoms with Crippen LogP contribution in [0.3, 0.4) is 0 Å². The van der Waals surface area contributed by atoms with E-state index in [2.05, 4.69) is 45.9 Å². The van der Waals surface area contributed by atoms with Gasteiger partial charge in [-0.2, -0.15) is 11.3 Å². The average molecular weight is 451 g/mol. The highest BCUT2D eigenvalue weighted by molar-refractivity contribution is 14.0. The van der Waals surface area contributed by atoms with E-state index >= 15 is 0 Å². The van der Waals surface area contributed by atoms with E-state index in [1.165, 1.54) is 12.7 Å². The van der Waals surface area contributed by atoms with Gasteiger partial charge >= 0.3 is 5.97 Å². The number of rotatable bonds is 4. The fourth-order valence-corrected chi connectivity index (χ4v) is 3.63. The number of ether oxygens (including phenoxy) is 1. The second kappa shape index (κ2) is 9.46. The molecule has 1 aliphatic rings. The van der Waals surface area contributed by atoms with Crippen molar-refractivity contribution in [3.63, 3.8) is 0 Å². The number of hydrogen-bond donors (Lipinski definition) is 1. The number of thiophene rings is 1. The molecule has 3 atom stereocenters. The number of carbonyl (C=O) groups is 1. The van der Waals surface area contributed by atoms with Crippen molar-refractivity contribution in [1.29, 1.82) is 0 Å². The predicted molar refractivity (Wildman–Crippen MR) is 106 cm³/mol. The molecule has 5 nitrogen and oxygen atoms in total. The molecule has 0 saturated carbocycles. The Balaban J connectivity index is 0.00000264. The van der Waals surface area contributed by atoms with Crippen LogP contribution in [0.25, 0.3) is 0 Å². The highest BCUT2D eigenvalue weighted by Gasteiger charge is 2.36. The third-order valence-corrected chi connectivity index (χ3v) is 5.01. The van der Waals surface area contributed by atoms with Crippen LogP contribution in [0.4, 0.5) is 0 Å². The zero-order valence-electron chi connectivity index (χ0n) is 14.1. The van der Waals surface area contributed by atoms with Crippen molar-refractivity contribution >= 4 is 47.2 Å². The van der Waals surface area contributed by atoms with Crippen LogP contribution in [-0.2, 0) is 9.53 Å². The fraction of sp³-hybridized carbons (Fsp3) is 0.625. The summed E-state index contributed by atoms with van der Waals surface area (Å²) in [6, 6.07) is 2.16. The second-order valence-electron chi connectivity index (χ2n) is 5.90. The molecule has 1 N–H and O–H groups in total. The smallest absolute Gasteiger partial charge is 0.310 e. The number of halogens is 1. The van der Waals surface area contributed by atoms with Gasteiger partial charge in [0.25, 0.3) is 0 Å². The first kappa shape index (κ1) is 20.2. The SMILES string of the molecule is CN=C(NCC(C)c1ccsc1)N1CC(C)C(C(=O)OC)C1.I. The lowest BCUT2D eigenvalue weighted by atomic mass is 9.99. The third kappa shape index (κ3) is 5.07. The molecule has 1 aliphatic heterocycles. The highest BCUT2D eigenvalue weighted by atomic mass is 127. The number of carbonyl (C=O) groups excluding carboxylic acids is 1. The van der Waals surface area contributed by atoms with E-state index in [4.69, 9.17) is 4.74 Å². The Morgan fingerprint density at radius 3 is 2.87 bits per heavy atom. The summed E-state index contributed by atoms with van der Waals surface area (Å²) in [6.45, 7) is 6.61. The van der Waals surface area contributed by atoms with Gasteiger partial charge in [0.2, 0.25) is 0 Å². The van der Waals surface area contributed by atoms with Crippen molar-refractivity contribution in [3.8, 4) is 0 Å². The molecule has 1 fully saturated rings. The molecule has 3 unspecified atom stereocenters. The van der Waals surface area contributed by atoms with Crippen molar-refractivity contribution < 1.29 is 9.53 Å². The average Bonchev–Trinajstić information content (AvgIpc) is 3.17. The molecule has 0 aromatic carbocycles. The zero-order chi connectivity index (χ0) is 16.1. The van der Waals surface area contributed by atoms with E-state index in [1.54, 1.807) is 18.4 Å². The van der Waals surface area contributed by atoms with Gasteiger partial charge in [-0.1, -0.05) is 13.8 Å². The van der Waals surface area contributed by atoms with Crippen molar-refractivity contribution in [2.45, 2.75) is 19.8 Å². The van der Waals surface area contributed by atoms with Crippen molar-refractivity contribution in [3.05, 3.63) is 22.4 Å². The Bertz CT molecular complexity index is 521. The van der Waals surface area contributed by atoms with E-state index in [-0.39, 0.29) is 41.8 Å². The summed E-state index contributed by atoms with van der Waals surface area (Å²) < 4.78 is 4.89. The number of methoxy groups -OCH3 is 1. The number of nitrogens with zero attached hydrogens (tertiary/aromatic N) is 2. The van der Waals surface area contributed by atoms with Crippen LogP contribution < -0.4 is 5.32 Å². The van der Waals surface area contributed by atoms with Gasteiger partial charge in [0.15, 0.2) is 5.96 Å². The van der Waals surface area contributed by atoms with E-state index in [0.29, 0.717) is 12.5 Å². The van der Waals surface area contributed by atoms with Crippen molar-refractivity contribution in [2.24, 2.45) is 16.8 Å². The van der Waals surface area contributed by atoms with Crippen LogP contribution in [0.1, 0.15) is 25.3 Å². The summed E-state index contributed by atoms with van der Waals surface area (Å²) in [5.74, 6) is 1.37. The Hall–Kier alpha value is -0.830. The standard InChI is InChI=1S/C16H25N3O2S.HI/c1-11(13-5-6-22-10-13)7-18-16(17-3)19-8-12(2)14(9-19)15(20)21-4;/h5-6,10-12,14H,7-9H2,1-4H3,(H,17,18);1H. The van der Waals surface area contributed by atoms with Crippen molar-refractivity contribution in [1.82, 2.24) is 10.2 Å². The number of likely N-dealkylation sites (tertiary alicyclic amines) is 1. The quantitative estimate of drug-likeness (QED) is 0.331. The molecule has 0 amide bonds. The van der Waals surface area contributed by atoms with Gasteiger partial charge in [-0.25, -0.2) is 0 Å². The zero-order valence-corrected chi connectivity index (χ0v) is 17.3. The number of guanidine groups is 1. The van der Waals surface area contributed by atoms with Gasteiger partial charge in [-0.3, -0.25) is 9.79 Å². The van der Waals surface area contributed by atoms with Crippen LogP contribution in [0, 0.1) is 11.8 Å². The first-order chi connectivity index (χ1) is 10.6. The van der Waals surface area contributed by atoms with Crippen LogP contribution >= 0.6 is 35.3 Å². The Morgan fingerprint density at radius 1 is 1.57 bits per heavy atom. The summed E-state index contributed by atoms with van der Waals surface area (Å²) >= 11 is 1.72. The molecule has 0 bridgehead atoms. The fourth-order valence-electron chi connectivity index (χ4n) is 2.85. The monoisotopic (exact) mass is 451 g/mol. The van der Waals surface area contributed by atoms with Gasteiger partial charge in [0.1, 0.15) is 0 Å². The van der Waals surface area contributed by atoms with Gasteiger partial charge < -0.3 is 15.0 Å². The van der Waals surface area contributed by atoms with E-state index in [0.717, 1.165) is 19.0 Å². The van der Waals surface area contributed by atoms with Gasteiger partial charge in [0, 0.05) is 26.7 Å². The maximum atomic E-state index is 11.8. The molecule has 0 radical (unpaired) electrons. The topological polar surface area (TPSA) is 53.9 Å². The van der Waals surface area contributed by atoms with Crippen molar-refractivity contribution in [2.75, 3.05) is 33.8 Å². The molecule has 1 aromatic rings. The molecular formula is C16H26IN3O2S. The molecule has 23 heavy (non-hydrogen) atoms. The summed E-state index contributed by atoms with van der Waals surface area (Å²) in [5.41, 5.74) is 1.34. The normalized spacial score (nSPS) is 22.4. The molecule has 130 valence electrons. The van der Waals surface area contributed by atoms with E-state index < -0.39 is 0 Å². The third-order valence-electron chi connectivity index (χ3n) is 4.31. The molecule has 1 saturated heterocycles. The molecule has 0 spiro atoms. The van der Waals surface area contributed by atoms with Crippen LogP contribution in [-0.4, -0.2) is 50.6 Å². The molecule has 0 aliphatic carbocycles. The van der Waals surface area contributed by atoms with E-state index in [9.17, 15) is 4.79 Å². The van der Waals surface area contributed by atoms with Crippen LogP contribution in [0.2, 0.25) is 0 Å². The highest BCUT2D eigenvalue weighted by Crippen LogP contribution is 2.24. The number of hydrogen-bond acceptors (Lipinski definition) is 4. The van der Waals surface area contributed by atoms with Gasteiger partial charge in [0.05, 0.1) is 13.0 Å². The summed E-state index contributed by atoms with van der Waals surface area (Å²) in [6.07, 6.45) is 0. The van der Waals surface area contributed by atoms with E-state index in [1.807, 2.05) is 0 Å². The lowest BCUT2D eigenvalue weighted by molar-refractivity contribution is -0.145. The molecule has 1 aromatic heterocycles. The van der Waals surface area contributed by atoms with Crippen LogP contribution in [0.5, 0.6) is 0 Å². The predicted octanol–water partition coefficient (Wildman–Crippen LogP) is 2.79. The molecule has 2 heterocycles. The minimum absolute atomic E-state index is 0. The lowest BCUT2D eigenvalue weighted by Crippen LogP contribution is -2.41. The summed E-state index contributed by atoms with van der Waals surface area (Å²) in [4.78, 5) is 18.3. The maximum Gasteiger partial charge on any atom is 0.310 e. The molecule has 2 rings (SSSR count). The van der Waals surface area contributed by atoms with Crippen LogP contribution in [0.15, 0.2) is 21.8 Å². The molecule has 7 heteroatoms. The Morgan fingerprint density at radius 2 is 2.30 bits per heavy atom. The Labute approximate surface area is 159 Å². The second-order valence-corrected chi connectivity index (χ2v) is 6.68. The summed E-state index contributed by atoms with van der Waals surface area (Å²) in [7, 11) is 3.24. The maximum absolute atomic E-state index is 11.8. The lowest BCUT2D eigenvalue weighted by Gasteiger charge is -2.23. The van der Waals surface area contributed by atoms with Gasteiger partial charge in [-0.15, -0.1) is 24.0 Å². The number of nitrogens with one attached hydrogen (secondary N) is 1. The first-order valence-corrected chi connectivity index (χ1v) is 8.56. The Kier molecular flexibility index (Phi) is 8.32. The number of esters is 1. The first-order valence-electron chi connectivity index (χ1n) is 7.62. The minimum Gasteiger partial charge on any atom is -0.469 e. The summed E-state index contributed by atoms with van der Waals surface area (Å²) in [5, 5.41) is 7.71. The largest absolute Gasteiger partial charge is 0.469 e. The number of aliphatic imine (C=N–C) groups is 1. The minimum atomic E-state index is -0.128.